The molecule has 148 valence electrons. The number of aliphatic hydroxyl groups is 1. The summed E-state index contributed by atoms with van der Waals surface area (Å²) < 4.78 is 76.3. The van der Waals surface area contributed by atoms with Crippen molar-refractivity contribution in [1.82, 2.24) is 0 Å². The topological polar surface area (TPSA) is 37.3 Å². The maximum atomic E-state index is 12.7. The molecule has 8 heteroatoms. The monoisotopic (exact) mass is 376 g/mol. The van der Waals surface area contributed by atoms with Crippen LogP contribution in [0, 0.1) is 22.7 Å². The molecular formula is C17H26F6O2. The zero-order valence-electron chi connectivity index (χ0n) is 14.9. The largest absolute Gasteiger partial charge is 0.426 e. The fourth-order valence-corrected chi connectivity index (χ4v) is 4.11. The number of carbonyl (C=O) groups excluding carboxylic acids is 1. The Morgan fingerprint density at radius 3 is 1.96 bits per heavy atom. The van der Waals surface area contributed by atoms with E-state index in [1.807, 2.05) is 20.8 Å². The molecule has 0 aliphatic heterocycles. The van der Waals surface area contributed by atoms with Crippen molar-refractivity contribution in [3.05, 3.63) is 0 Å². The van der Waals surface area contributed by atoms with Crippen LogP contribution in [0.15, 0.2) is 0 Å². The van der Waals surface area contributed by atoms with Gasteiger partial charge in [-0.1, -0.05) is 34.1 Å². The lowest BCUT2D eigenvalue weighted by molar-refractivity contribution is -0.370. The van der Waals surface area contributed by atoms with E-state index < -0.39 is 36.2 Å². The third-order valence-corrected chi connectivity index (χ3v) is 6.74. The van der Waals surface area contributed by atoms with Gasteiger partial charge in [-0.2, -0.15) is 26.3 Å². The van der Waals surface area contributed by atoms with Gasteiger partial charge in [0.15, 0.2) is 0 Å². The fraction of sp³-hybridized carbons (Fsp3) is 0.941. The van der Waals surface area contributed by atoms with Crippen molar-refractivity contribution in [3.63, 3.8) is 0 Å². The van der Waals surface area contributed by atoms with Crippen LogP contribution in [0.25, 0.3) is 0 Å². The van der Waals surface area contributed by atoms with E-state index in [0.29, 0.717) is 12.8 Å². The van der Waals surface area contributed by atoms with Crippen LogP contribution >= 0.6 is 0 Å². The Hall–Kier alpha value is -0.790. The summed E-state index contributed by atoms with van der Waals surface area (Å²) in [6, 6.07) is 0. The third kappa shape index (κ3) is 3.69. The van der Waals surface area contributed by atoms with E-state index in [2.05, 4.69) is 0 Å². The summed E-state index contributed by atoms with van der Waals surface area (Å²) >= 11 is 0. The Morgan fingerprint density at radius 2 is 1.60 bits per heavy atom. The molecule has 0 radical (unpaired) electrons. The average molecular weight is 376 g/mol. The summed E-state index contributed by atoms with van der Waals surface area (Å²) in [4.78, 5) is 11.2. The number of hydrogen-bond donors (Lipinski definition) is 1. The lowest BCUT2D eigenvalue weighted by atomic mass is 9.59. The second-order valence-corrected chi connectivity index (χ2v) is 8.07. The van der Waals surface area contributed by atoms with E-state index in [0.717, 1.165) is 6.29 Å². The van der Waals surface area contributed by atoms with Crippen LogP contribution in [0.5, 0.6) is 0 Å². The van der Waals surface area contributed by atoms with Crippen molar-refractivity contribution in [2.75, 3.05) is 0 Å². The van der Waals surface area contributed by atoms with Crippen LogP contribution in [0.4, 0.5) is 26.3 Å². The second-order valence-electron chi connectivity index (χ2n) is 8.07. The predicted molar refractivity (Wildman–Crippen MR) is 80.8 cm³/mol. The fourth-order valence-electron chi connectivity index (χ4n) is 4.11. The Morgan fingerprint density at radius 1 is 1.12 bits per heavy atom. The average Bonchev–Trinajstić information content (AvgIpc) is 2.67. The Kier molecular flexibility index (Phi) is 6.00. The van der Waals surface area contributed by atoms with Crippen molar-refractivity contribution < 1.29 is 36.2 Å². The van der Waals surface area contributed by atoms with Gasteiger partial charge in [0, 0.05) is 5.92 Å². The normalized spacial score (nSPS) is 28.8. The number of rotatable bonds is 6. The lowest BCUT2D eigenvalue weighted by Crippen LogP contribution is -2.56. The molecule has 1 rings (SSSR count). The Labute approximate surface area is 144 Å². The van der Waals surface area contributed by atoms with Crippen LogP contribution in [0.2, 0.25) is 0 Å². The highest BCUT2D eigenvalue weighted by Gasteiger charge is 2.69. The molecule has 25 heavy (non-hydrogen) atoms. The molecule has 1 aliphatic carbocycles. The molecule has 0 aromatic rings. The minimum absolute atomic E-state index is 0.111. The molecule has 0 aromatic carbocycles. The van der Waals surface area contributed by atoms with E-state index in [1.165, 1.54) is 0 Å². The van der Waals surface area contributed by atoms with Gasteiger partial charge >= 0.3 is 12.4 Å². The molecule has 2 nitrogen and oxygen atoms in total. The van der Waals surface area contributed by atoms with Crippen molar-refractivity contribution in [1.29, 1.82) is 0 Å². The Bertz CT molecular complexity index is 469. The van der Waals surface area contributed by atoms with Crippen LogP contribution in [0.3, 0.4) is 0 Å². The summed E-state index contributed by atoms with van der Waals surface area (Å²) in [6.45, 7) is 7.55. The summed E-state index contributed by atoms with van der Waals surface area (Å²) in [5, 5.41) is 9.21. The van der Waals surface area contributed by atoms with E-state index in [9.17, 15) is 36.2 Å². The molecule has 3 atom stereocenters. The predicted octanol–water partition coefficient (Wildman–Crippen LogP) is 5.29. The quantitative estimate of drug-likeness (QED) is 0.505. The van der Waals surface area contributed by atoms with Crippen molar-refractivity contribution in [2.24, 2.45) is 22.7 Å². The van der Waals surface area contributed by atoms with Crippen LogP contribution in [0.1, 0.15) is 59.8 Å². The van der Waals surface area contributed by atoms with Gasteiger partial charge in [-0.3, -0.25) is 0 Å². The lowest BCUT2D eigenvalue weighted by Gasteiger charge is -2.45. The molecule has 0 spiro atoms. The SMILES string of the molecule is C[C@@H](CCCC(O)(C(F)(F)F)C(F)(F)F)[C@@]1(C)CC[C@@H](C=O)C1(C)C. The van der Waals surface area contributed by atoms with Crippen LogP contribution in [-0.4, -0.2) is 29.3 Å². The maximum absolute atomic E-state index is 12.7. The third-order valence-electron chi connectivity index (χ3n) is 6.74. The van der Waals surface area contributed by atoms with Crippen molar-refractivity contribution in [2.45, 2.75) is 77.8 Å². The van der Waals surface area contributed by atoms with Gasteiger partial charge in [0.2, 0.25) is 0 Å². The number of halogens is 6. The number of hydrogen-bond acceptors (Lipinski definition) is 2. The molecule has 1 saturated carbocycles. The standard InChI is InChI=1S/C17H26F6O2/c1-11(14(4)9-7-12(10-24)13(14,2)3)6-5-8-15(25,16(18,19)20)17(21,22)23/h10-12,25H,5-9H2,1-4H3/t11-,12-,14+/m0/s1. The van der Waals surface area contributed by atoms with Gasteiger partial charge in [-0.15, -0.1) is 0 Å². The summed E-state index contributed by atoms with van der Waals surface area (Å²) in [6.07, 6.45) is -11.0. The van der Waals surface area contributed by atoms with Gasteiger partial charge < -0.3 is 9.90 Å². The highest BCUT2D eigenvalue weighted by atomic mass is 19.4. The van der Waals surface area contributed by atoms with Crippen LogP contribution < -0.4 is 0 Å². The van der Waals surface area contributed by atoms with E-state index in [4.69, 9.17) is 0 Å². The molecule has 1 aliphatic rings. The van der Waals surface area contributed by atoms with Gasteiger partial charge in [0.05, 0.1) is 0 Å². The molecule has 0 saturated heterocycles. The van der Waals surface area contributed by atoms with E-state index >= 15 is 0 Å². The van der Waals surface area contributed by atoms with Crippen LogP contribution in [-0.2, 0) is 4.79 Å². The summed E-state index contributed by atoms with van der Waals surface area (Å²) in [5.41, 5.74) is -5.44. The molecule has 0 heterocycles. The van der Waals surface area contributed by atoms with Gasteiger partial charge in [0.1, 0.15) is 6.29 Å². The second kappa shape index (κ2) is 6.74. The number of alkyl halides is 6. The molecule has 0 aromatic heterocycles. The van der Waals surface area contributed by atoms with Gasteiger partial charge in [-0.25, -0.2) is 0 Å². The molecule has 0 bridgehead atoms. The first-order chi connectivity index (χ1) is 11.0. The highest BCUT2D eigenvalue weighted by Crippen LogP contribution is 2.60. The van der Waals surface area contributed by atoms with Gasteiger partial charge in [0.25, 0.3) is 5.60 Å². The molecule has 1 fully saturated rings. The Balaban J connectivity index is 2.83. The first kappa shape index (κ1) is 22.3. The van der Waals surface area contributed by atoms with Crippen molar-refractivity contribution >= 4 is 6.29 Å². The highest BCUT2D eigenvalue weighted by molar-refractivity contribution is 5.56. The zero-order valence-corrected chi connectivity index (χ0v) is 14.9. The zero-order chi connectivity index (χ0) is 19.9. The first-order valence-electron chi connectivity index (χ1n) is 8.35. The minimum atomic E-state index is -5.77. The maximum Gasteiger partial charge on any atom is 0.426 e. The summed E-state index contributed by atoms with van der Waals surface area (Å²) in [5.74, 6) is -0.361. The summed E-state index contributed by atoms with van der Waals surface area (Å²) in [7, 11) is 0. The molecular weight excluding hydrogens is 350 g/mol. The van der Waals surface area contributed by atoms with E-state index in [1.54, 1.807) is 6.92 Å². The number of carbonyl (C=O) groups is 1. The minimum Gasteiger partial charge on any atom is -0.374 e. The molecule has 0 unspecified atom stereocenters. The van der Waals surface area contributed by atoms with E-state index in [-0.39, 0.29) is 23.7 Å². The smallest absolute Gasteiger partial charge is 0.374 e. The number of aldehydes is 1. The molecule has 1 N–H and O–H groups in total. The first-order valence-corrected chi connectivity index (χ1v) is 8.35. The molecule has 0 amide bonds. The van der Waals surface area contributed by atoms with Crippen molar-refractivity contribution in [3.8, 4) is 0 Å². The van der Waals surface area contributed by atoms with Gasteiger partial charge in [-0.05, 0) is 42.4 Å².